The van der Waals surface area contributed by atoms with Crippen LogP contribution in [0.4, 0.5) is 5.69 Å². The zero-order chi connectivity index (χ0) is 32.4. The lowest BCUT2D eigenvalue weighted by Gasteiger charge is -2.34. The molecule has 1 atom stereocenters. The van der Waals surface area contributed by atoms with Crippen molar-refractivity contribution < 1.29 is 18.0 Å². The molecule has 2 amide bonds. The van der Waals surface area contributed by atoms with Gasteiger partial charge in [0.15, 0.2) is 0 Å². The number of unbranched alkanes of at least 4 members (excludes halogenated alkanes) is 1. The predicted octanol–water partition coefficient (Wildman–Crippen LogP) is 6.71. The quantitative estimate of drug-likeness (QED) is 0.155. The summed E-state index contributed by atoms with van der Waals surface area (Å²) in [5.74, 6) is -0.778. The number of anilines is 1. The number of sulfonamides is 1. The first-order valence-corrected chi connectivity index (χ1v) is 16.9. The standard InChI is InChI=1S/C36H40ClN3O4S/c1-4-5-23-38-36(42)34(24-29-12-7-6-8-13-29)39(25-30-14-10-9-11-28(30)3)35(41)26-40(32-19-15-27(2)16-20-32)45(43,44)33-21-17-31(37)18-22-33/h6-22,34H,4-5,23-26H2,1-3H3,(H,38,42)/t34-/m1/s1. The van der Waals surface area contributed by atoms with E-state index in [1.54, 1.807) is 24.3 Å². The summed E-state index contributed by atoms with van der Waals surface area (Å²) in [6, 6.07) is 29.2. The molecule has 1 N–H and O–H groups in total. The van der Waals surface area contributed by atoms with Gasteiger partial charge in [-0.2, -0.15) is 0 Å². The van der Waals surface area contributed by atoms with Crippen LogP contribution >= 0.6 is 11.6 Å². The van der Waals surface area contributed by atoms with Gasteiger partial charge in [0, 0.05) is 24.5 Å². The summed E-state index contributed by atoms with van der Waals surface area (Å²) in [5, 5.41) is 3.41. The van der Waals surface area contributed by atoms with E-state index in [0.717, 1.165) is 39.4 Å². The maximum absolute atomic E-state index is 14.5. The van der Waals surface area contributed by atoms with Gasteiger partial charge in [-0.1, -0.05) is 97.2 Å². The van der Waals surface area contributed by atoms with E-state index in [2.05, 4.69) is 5.32 Å². The Hall–Kier alpha value is -4.14. The Bertz CT molecular complexity index is 1680. The highest BCUT2D eigenvalue weighted by Crippen LogP contribution is 2.26. The summed E-state index contributed by atoms with van der Waals surface area (Å²) in [7, 11) is -4.19. The highest BCUT2D eigenvalue weighted by atomic mass is 35.5. The molecule has 9 heteroatoms. The number of hydrogen-bond acceptors (Lipinski definition) is 4. The molecule has 4 aromatic rings. The topological polar surface area (TPSA) is 86.8 Å². The Morgan fingerprint density at radius 1 is 0.844 bits per heavy atom. The van der Waals surface area contributed by atoms with Gasteiger partial charge < -0.3 is 10.2 Å². The zero-order valence-corrected chi connectivity index (χ0v) is 27.5. The van der Waals surface area contributed by atoms with Crippen molar-refractivity contribution >= 4 is 39.1 Å². The Morgan fingerprint density at radius 2 is 1.49 bits per heavy atom. The maximum atomic E-state index is 14.5. The van der Waals surface area contributed by atoms with Crippen LogP contribution in [0.25, 0.3) is 0 Å². The van der Waals surface area contributed by atoms with Gasteiger partial charge in [0.25, 0.3) is 10.0 Å². The third kappa shape index (κ3) is 8.96. The van der Waals surface area contributed by atoms with Crippen LogP contribution in [0.2, 0.25) is 5.02 Å². The number of carbonyl (C=O) groups is 2. The van der Waals surface area contributed by atoms with E-state index < -0.39 is 28.5 Å². The zero-order valence-electron chi connectivity index (χ0n) is 25.9. The van der Waals surface area contributed by atoms with Crippen molar-refractivity contribution in [2.75, 3.05) is 17.4 Å². The van der Waals surface area contributed by atoms with E-state index in [1.165, 1.54) is 29.2 Å². The second-order valence-electron chi connectivity index (χ2n) is 11.1. The highest BCUT2D eigenvalue weighted by molar-refractivity contribution is 7.92. The molecule has 0 aliphatic rings. The third-order valence-corrected chi connectivity index (χ3v) is 9.75. The molecule has 0 saturated carbocycles. The van der Waals surface area contributed by atoms with Gasteiger partial charge in [-0.25, -0.2) is 8.42 Å². The molecule has 0 fully saturated rings. The molecular weight excluding hydrogens is 606 g/mol. The normalized spacial score (nSPS) is 11.9. The fourth-order valence-corrected chi connectivity index (χ4v) is 6.54. The van der Waals surface area contributed by atoms with Gasteiger partial charge in [-0.15, -0.1) is 0 Å². The fraction of sp³-hybridized carbons (Fsp3) is 0.278. The molecule has 0 radical (unpaired) electrons. The molecule has 7 nitrogen and oxygen atoms in total. The van der Waals surface area contributed by atoms with Gasteiger partial charge in [0.1, 0.15) is 12.6 Å². The van der Waals surface area contributed by atoms with Crippen LogP contribution < -0.4 is 9.62 Å². The van der Waals surface area contributed by atoms with Crippen LogP contribution in [0, 0.1) is 13.8 Å². The van der Waals surface area contributed by atoms with Crippen molar-refractivity contribution in [1.82, 2.24) is 10.2 Å². The van der Waals surface area contributed by atoms with Crippen LogP contribution in [0.15, 0.2) is 108 Å². The number of aryl methyl sites for hydroxylation is 2. The van der Waals surface area contributed by atoms with E-state index >= 15 is 0 Å². The van der Waals surface area contributed by atoms with E-state index in [4.69, 9.17) is 11.6 Å². The average molecular weight is 646 g/mol. The number of benzene rings is 4. The third-order valence-electron chi connectivity index (χ3n) is 7.71. The van der Waals surface area contributed by atoms with Crippen LogP contribution in [0.5, 0.6) is 0 Å². The van der Waals surface area contributed by atoms with Crippen LogP contribution in [0.1, 0.15) is 42.0 Å². The summed E-state index contributed by atoms with van der Waals surface area (Å²) < 4.78 is 29.3. The van der Waals surface area contributed by atoms with E-state index in [-0.39, 0.29) is 23.8 Å². The molecule has 0 spiro atoms. The summed E-state index contributed by atoms with van der Waals surface area (Å²) in [6.45, 7) is 6.01. The number of amides is 2. The number of carbonyl (C=O) groups excluding carboxylic acids is 2. The first kappa shape index (κ1) is 33.7. The Balaban J connectivity index is 1.79. The summed E-state index contributed by atoms with van der Waals surface area (Å²) in [6.07, 6.45) is 1.98. The lowest BCUT2D eigenvalue weighted by atomic mass is 10.0. The lowest BCUT2D eigenvalue weighted by molar-refractivity contribution is -0.140. The fourth-order valence-electron chi connectivity index (χ4n) is 5.00. The van der Waals surface area contributed by atoms with Gasteiger partial charge in [0.05, 0.1) is 10.6 Å². The van der Waals surface area contributed by atoms with Crippen LogP contribution in [-0.4, -0.2) is 44.3 Å². The van der Waals surface area contributed by atoms with Crippen molar-refractivity contribution in [3.63, 3.8) is 0 Å². The maximum Gasteiger partial charge on any atom is 0.264 e. The number of nitrogens with zero attached hydrogens (tertiary/aromatic N) is 2. The molecule has 4 rings (SSSR count). The molecule has 45 heavy (non-hydrogen) atoms. The minimum Gasteiger partial charge on any atom is -0.354 e. The number of halogens is 1. The predicted molar refractivity (Wildman–Crippen MR) is 181 cm³/mol. The largest absolute Gasteiger partial charge is 0.354 e. The molecule has 0 aliphatic carbocycles. The first-order chi connectivity index (χ1) is 21.6. The minimum absolute atomic E-state index is 0.00359. The van der Waals surface area contributed by atoms with Crippen molar-refractivity contribution in [3.8, 4) is 0 Å². The Labute approximate surface area is 271 Å². The van der Waals surface area contributed by atoms with Gasteiger partial charge in [0.2, 0.25) is 11.8 Å². The average Bonchev–Trinajstić information content (AvgIpc) is 3.03. The van der Waals surface area contributed by atoms with Crippen molar-refractivity contribution in [2.45, 2.75) is 57.5 Å². The molecule has 4 aromatic carbocycles. The summed E-state index contributed by atoms with van der Waals surface area (Å²) in [4.78, 5) is 29.9. The van der Waals surface area contributed by atoms with Gasteiger partial charge in [-0.05, 0) is 73.4 Å². The summed E-state index contributed by atoms with van der Waals surface area (Å²) >= 11 is 6.06. The second-order valence-corrected chi connectivity index (χ2v) is 13.4. The summed E-state index contributed by atoms with van der Waals surface area (Å²) in [5.41, 5.74) is 4.01. The molecule has 0 unspecified atom stereocenters. The number of rotatable bonds is 14. The van der Waals surface area contributed by atoms with Gasteiger partial charge in [-0.3, -0.25) is 13.9 Å². The molecule has 236 valence electrons. The monoisotopic (exact) mass is 645 g/mol. The van der Waals surface area contributed by atoms with Crippen molar-refractivity contribution in [2.24, 2.45) is 0 Å². The number of nitrogens with one attached hydrogen (secondary N) is 1. The van der Waals surface area contributed by atoms with E-state index in [9.17, 15) is 18.0 Å². The molecule has 0 aliphatic heterocycles. The Morgan fingerprint density at radius 3 is 2.13 bits per heavy atom. The molecule has 0 bridgehead atoms. The highest BCUT2D eigenvalue weighted by Gasteiger charge is 2.34. The number of hydrogen-bond donors (Lipinski definition) is 1. The second kappa shape index (κ2) is 15.7. The van der Waals surface area contributed by atoms with E-state index in [0.29, 0.717) is 17.3 Å². The smallest absolute Gasteiger partial charge is 0.264 e. The van der Waals surface area contributed by atoms with Crippen LogP contribution in [-0.2, 0) is 32.6 Å². The van der Waals surface area contributed by atoms with Crippen molar-refractivity contribution in [3.05, 3.63) is 130 Å². The molecule has 0 heterocycles. The van der Waals surface area contributed by atoms with Gasteiger partial charge >= 0.3 is 0 Å². The first-order valence-electron chi connectivity index (χ1n) is 15.1. The molecular formula is C36H40ClN3O4S. The molecule has 0 saturated heterocycles. The van der Waals surface area contributed by atoms with E-state index in [1.807, 2.05) is 75.4 Å². The lowest BCUT2D eigenvalue weighted by Crippen LogP contribution is -2.53. The van der Waals surface area contributed by atoms with Crippen molar-refractivity contribution in [1.29, 1.82) is 0 Å². The SMILES string of the molecule is CCCCNC(=O)[C@@H](Cc1ccccc1)N(Cc1ccccc1C)C(=O)CN(c1ccc(C)cc1)S(=O)(=O)c1ccc(Cl)cc1. The molecule has 0 aromatic heterocycles. The minimum atomic E-state index is -4.19. The Kier molecular flexibility index (Phi) is 11.8. The van der Waals surface area contributed by atoms with Crippen LogP contribution in [0.3, 0.4) is 0 Å².